The Kier molecular flexibility index (Phi) is 4.55. The van der Waals surface area contributed by atoms with Gasteiger partial charge in [0.15, 0.2) is 0 Å². The van der Waals surface area contributed by atoms with Crippen LogP contribution in [0.3, 0.4) is 0 Å². The number of benzene rings is 2. The largest absolute Gasteiger partial charge is 0.382 e. The van der Waals surface area contributed by atoms with Gasteiger partial charge in [-0.25, -0.2) is 0 Å². The number of hydrogen-bond donors (Lipinski definition) is 3. The summed E-state index contributed by atoms with van der Waals surface area (Å²) >= 11 is 0. The van der Waals surface area contributed by atoms with Crippen molar-refractivity contribution in [2.75, 3.05) is 10.6 Å². The van der Waals surface area contributed by atoms with E-state index in [9.17, 15) is 0 Å². The molecule has 0 atom stereocenters. The second-order valence-corrected chi connectivity index (χ2v) is 8.44. The fraction of sp³-hybridized carbons (Fsp3) is 0.429. The molecule has 0 unspecified atom stereocenters. The molecule has 0 amide bonds. The molecule has 4 N–H and O–H groups in total. The molecule has 128 valence electrons. The van der Waals surface area contributed by atoms with Gasteiger partial charge in [0.1, 0.15) is 0 Å². The van der Waals surface area contributed by atoms with Crippen molar-refractivity contribution in [3.8, 4) is 0 Å². The smallest absolute Gasteiger partial charge is 0.0928 e. The molecule has 24 heavy (non-hydrogen) atoms. The summed E-state index contributed by atoms with van der Waals surface area (Å²) in [5, 5.41) is 9.68. The Morgan fingerprint density at radius 2 is 1.25 bits per heavy atom. The zero-order valence-electron chi connectivity index (χ0n) is 15.3. The van der Waals surface area contributed by atoms with Crippen molar-refractivity contribution >= 4 is 17.1 Å². The van der Waals surface area contributed by atoms with Gasteiger partial charge < -0.3 is 16.0 Å². The number of piperidine rings is 1. The van der Waals surface area contributed by atoms with E-state index in [0.29, 0.717) is 6.04 Å². The summed E-state index contributed by atoms with van der Waals surface area (Å²) in [5.74, 6) is 0. The molecule has 2 aromatic carbocycles. The van der Waals surface area contributed by atoms with Crippen LogP contribution in [-0.2, 0) is 0 Å². The Morgan fingerprint density at radius 3 is 1.83 bits per heavy atom. The van der Waals surface area contributed by atoms with Gasteiger partial charge in [-0.05, 0) is 64.1 Å². The van der Waals surface area contributed by atoms with Crippen LogP contribution in [0, 0.1) is 0 Å². The Balaban J connectivity index is 1.64. The fourth-order valence-electron chi connectivity index (χ4n) is 4.19. The second-order valence-electron chi connectivity index (χ2n) is 8.44. The van der Waals surface area contributed by atoms with Gasteiger partial charge in [-0.3, -0.25) is 0 Å². The van der Waals surface area contributed by atoms with Crippen LogP contribution in [0.2, 0.25) is 0 Å². The third-order valence-corrected chi connectivity index (χ3v) is 4.64. The molecule has 0 aromatic heterocycles. The van der Waals surface area contributed by atoms with E-state index in [4.69, 9.17) is 0 Å². The van der Waals surface area contributed by atoms with Crippen molar-refractivity contribution in [1.82, 2.24) is 0 Å². The van der Waals surface area contributed by atoms with E-state index in [0.717, 1.165) is 11.4 Å². The van der Waals surface area contributed by atoms with Gasteiger partial charge in [-0.15, -0.1) is 0 Å². The van der Waals surface area contributed by atoms with E-state index < -0.39 is 0 Å². The molecule has 0 saturated carbocycles. The Labute approximate surface area is 145 Å². The number of rotatable bonds is 4. The molecular weight excluding hydrogens is 294 g/mol. The van der Waals surface area contributed by atoms with Gasteiger partial charge in [0.25, 0.3) is 0 Å². The zero-order valence-corrected chi connectivity index (χ0v) is 15.3. The molecule has 0 aliphatic carbocycles. The van der Waals surface area contributed by atoms with Gasteiger partial charge in [-0.1, -0.05) is 18.2 Å². The standard InChI is InChI=1S/C21H29N3/c1-20(2)14-19(15-21(3,4)24-20)23-18-12-10-17(11-13-18)22-16-8-6-5-7-9-16/h5-13,19,22-24H,14-15H2,1-4H3/p+1. The maximum absolute atomic E-state index is 3.74. The summed E-state index contributed by atoms with van der Waals surface area (Å²) < 4.78 is 0. The summed E-state index contributed by atoms with van der Waals surface area (Å²) in [6, 6.07) is 19.4. The van der Waals surface area contributed by atoms with E-state index in [1.54, 1.807) is 0 Å². The molecule has 1 aliphatic heterocycles. The van der Waals surface area contributed by atoms with Gasteiger partial charge in [0, 0.05) is 35.9 Å². The molecular formula is C21H30N3+. The lowest BCUT2D eigenvalue weighted by Gasteiger charge is -2.43. The summed E-state index contributed by atoms with van der Waals surface area (Å²) in [7, 11) is 0. The van der Waals surface area contributed by atoms with Crippen LogP contribution in [-0.4, -0.2) is 17.1 Å². The van der Waals surface area contributed by atoms with Gasteiger partial charge >= 0.3 is 0 Å². The summed E-state index contributed by atoms with van der Waals surface area (Å²) in [4.78, 5) is 0. The Bertz CT molecular complexity index is 643. The molecule has 0 bridgehead atoms. The first-order valence-electron chi connectivity index (χ1n) is 8.87. The minimum atomic E-state index is 0.286. The second kappa shape index (κ2) is 6.48. The van der Waals surface area contributed by atoms with Crippen molar-refractivity contribution in [1.29, 1.82) is 0 Å². The quantitative estimate of drug-likeness (QED) is 0.791. The molecule has 0 radical (unpaired) electrons. The first-order chi connectivity index (χ1) is 11.3. The highest BCUT2D eigenvalue weighted by atomic mass is 15.1. The summed E-state index contributed by atoms with van der Waals surface area (Å²) in [6.07, 6.45) is 2.36. The molecule has 3 nitrogen and oxygen atoms in total. The minimum Gasteiger partial charge on any atom is -0.382 e. The lowest BCUT2D eigenvalue weighted by atomic mass is 9.79. The van der Waals surface area contributed by atoms with Crippen molar-refractivity contribution in [3.05, 3.63) is 54.6 Å². The lowest BCUT2D eigenvalue weighted by Crippen LogP contribution is -3.06. The number of hydrogen-bond acceptors (Lipinski definition) is 2. The van der Waals surface area contributed by atoms with Gasteiger partial charge in [-0.2, -0.15) is 0 Å². The highest BCUT2D eigenvalue weighted by molar-refractivity contribution is 5.62. The Morgan fingerprint density at radius 1 is 0.750 bits per heavy atom. The van der Waals surface area contributed by atoms with Crippen molar-refractivity contribution < 1.29 is 5.32 Å². The van der Waals surface area contributed by atoms with Crippen LogP contribution in [0.25, 0.3) is 0 Å². The third kappa shape index (κ3) is 4.51. The average molecular weight is 324 g/mol. The number of nitrogens with two attached hydrogens (primary N) is 1. The molecule has 1 aliphatic rings. The maximum atomic E-state index is 3.74. The molecule has 3 rings (SSSR count). The van der Waals surface area contributed by atoms with E-state index in [-0.39, 0.29) is 11.1 Å². The zero-order chi connectivity index (χ0) is 17.2. The maximum Gasteiger partial charge on any atom is 0.0928 e. The highest BCUT2D eigenvalue weighted by Crippen LogP contribution is 2.26. The number of anilines is 3. The van der Waals surface area contributed by atoms with Crippen molar-refractivity contribution in [2.45, 2.75) is 57.7 Å². The monoisotopic (exact) mass is 324 g/mol. The van der Waals surface area contributed by atoms with Crippen LogP contribution in [0.1, 0.15) is 40.5 Å². The fourth-order valence-corrected chi connectivity index (χ4v) is 4.19. The van der Waals surface area contributed by atoms with Gasteiger partial charge in [0.05, 0.1) is 11.1 Å². The Hall–Kier alpha value is -2.00. The third-order valence-electron chi connectivity index (χ3n) is 4.64. The lowest BCUT2D eigenvalue weighted by molar-refractivity contribution is -0.787. The molecule has 1 fully saturated rings. The van der Waals surface area contributed by atoms with E-state index in [1.807, 2.05) is 18.2 Å². The van der Waals surface area contributed by atoms with Crippen LogP contribution in [0.4, 0.5) is 17.1 Å². The normalized spacial score (nSPS) is 19.7. The molecule has 3 heteroatoms. The van der Waals surface area contributed by atoms with E-state index in [2.05, 4.69) is 80.0 Å². The van der Waals surface area contributed by atoms with Crippen LogP contribution < -0.4 is 16.0 Å². The number of quaternary nitrogens is 1. The van der Waals surface area contributed by atoms with E-state index >= 15 is 0 Å². The van der Waals surface area contributed by atoms with E-state index in [1.165, 1.54) is 18.5 Å². The van der Waals surface area contributed by atoms with Gasteiger partial charge in [0.2, 0.25) is 0 Å². The van der Waals surface area contributed by atoms with Crippen LogP contribution in [0.15, 0.2) is 54.6 Å². The summed E-state index contributed by atoms with van der Waals surface area (Å²) in [6.45, 7) is 9.37. The minimum absolute atomic E-state index is 0.286. The predicted molar refractivity (Wildman–Crippen MR) is 103 cm³/mol. The van der Waals surface area contributed by atoms with Crippen molar-refractivity contribution in [3.63, 3.8) is 0 Å². The average Bonchev–Trinajstić information content (AvgIpc) is 2.47. The topological polar surface area (TPSA) is 40.7 Å². The van der Waals surface area contributed by atoms with Crippen LogP contribution in [0.5, 0.6) is 0 Å². The van der Waals surface area contributed by atoms with Crippen LogP contribution >= 0.6 is 0 Å². The first-order valence-corrected chi connectivity index (χ1v) is 8.87. The molecule has 1 saturated heterocycles. The highest BCUT2D eigenvalue weighted by Gasteiger charge is 2.41. The molecule has 1 heterocycles. The number of para-hydroxylation sites is 1. The molecule has 2 aromatic rings. The number of nitrogens with one attached hydrogen (secondary N) is 2. The summed E-state index contributed by atoms with van der Waals surface area (Å²) in [5.41, 5.74) is 4.00. The molecule has 0 spiro atoms. The SMILES string of the molecule is CC1(C)CC(Nc2ccc(Nc3ccccc3)cc2)CC(C)(C)[NH2+]1. The van der Waals surface area contributed by atoms with Crippen molar-refractivity contribution in [2.24, 2.45) is 0 Å². The first kappa shape index (κ1) is 16.8. The predicted octanol–water partition coefficient (Wildman–Crippen LogP) is 4.13.